The molecule has 7 nitrogen and oxygen atoms in total. The van der Waals surface area contributed by atoms with Crippen LogP contribution < -0.4 is 10.6 Å². The minimum atomic E-state index is -0.427. The van der Waals surface area contributed by atoms with Crippen molar-refractivity contribution in [3.63, 3.8) is 0 Å². The summed E-state index contributed by atoms with van der Waals surface area (Å²) in [5.41, 5.74) is 3.10. The van der Waals surface area contributed by atoms with E-state index in [1.54, 1.807) is 43.3 Å². The van der Waals surface area contributed by atoms with E-state index in [0.29, 0.717) is 34.2 Å². The molecule has 1 aliphatic heterocycles. The standard InChI is InChI=1S/C18H14ClN5O2/c1-10-16(23-24(22-10)13-6-3-5-12(19)8-13)18(26)21-14-7-2-4-11-9-20-17(25)15(11)14/h2-8H,9H2,1H3,(H,20,25)(H,21,26). The Labute approximate surface area is 154 Å². The number of aromatic nitrogens is 3. The summed E-state index contributed by atoms with van der Waals surface area (Å²) in [5.74, 6) is -0.626. The third-order valence-corrected chi connectivity index (χ3v) is 4.34. The zero-order valence-electron chi connectivity index (χ0n) is 13.8. The fraction of sp³-hybridized carbons (Fsp3) is 0.111. The summed E-state index contributed by atoms with van der Waals surface area (Å²) in [6.07, 6.45) is 0. The number of hydrogen-bond acceptors (Lipinski definition) is 4. The molecule has 8 heteroatoms. The summed E-state index contributed by atoms with van der Waals surface area (Å²) in [5, 5.41) is 14.6. The fourth-order valence-corrected chi connectivity index (χ4v) is 3.05. The van der Waals surface area contributed by atoms with Gasteiger partial charge in [-0.2, -0.15) is 9.90 Å². The molecule has 0 spiro atoms. The lowest BCUT2D eigenvalue weighted by Crippen LogP contribution is -2.18. The van der Waals surface area contributed by atoms with Crippen molar-refractivity contribution in [1.29, 1.82) is 0 Å². The van der Waals surface area contributed by atoms with Crippen molar-refractivity contribution in [2.75, 3.05) is 5.32 Å². The van der Waals surface area contributed by atoms with Crippen molar-refractivity contribution in [3.8, 4) is 5.69 Å². The summed E-state index contributed by atoms with van der Waals surface area (Å²) in [6, 6.07) is 12.4. The topological polar surface area (TPSA) is 88.9 Å². The highest BCUT2D eigenvalue weighted by molar-refractivity contribution is 6.30. The average Bonchev–Trinajstić information content (AvgIpc) is 3.19. The van der Waals surface area contributed by atoms with Gasteiger partial charge in [0.2, 0.25) is 0 Å². The number of carbonyl (C=O) groups is 2. The third kappa shape index (κ3) is 2.82. The number of rotatable bonds is 3. The molecular weight excluding hydrogens is 354 g/mol. The lowest BCUT2D eigenvalue weighted by Gasteiger charge is -2.07. The molecule has 0 bridgehead atoms. The van der Waals surface area contributed by atoms with Crippen LogP contribution in [0.2, 0.25) is 5.02 Å². The lowest BCUT2D eigenvalue weighted by molar-refractivity contribution is 0.0966. The Bertz CT molecular complexity index is 1040. The minimum absolute atomic E-state index is 0.181. The zero-order valence-corrected chi connectivity index (χ0v) is 14.5. The molecule has 3 aromatic rings. The Balaban J connectivity index is 1.64. The van der Waals surface area contributed by atoms with E-state index in [2.05, 4.69) is 20.8 Å². The van der Waals surface area contributed by atoms with Gasteiger partial charge in [0.05, 0.1) is 22.6 Å². The molecule has 0 radical (unpaired) electrons. The average molecular weight is 368 g/mol. The molecular formula is C18H14ClN5O2. The van der Waals surface area contributed by atoms with Gasteiger partial charge in [-0.1, -0.05) is 29.8 Å². The predicted octanol–water partition coefficient (Wildman–Crippen LogP) is 2.72. The van der Waals surface area contributed by atoms with E-state index in [9.17, 15) is 9.59 Å². The number of nitrogens with one attached hydrogen (secondary N) is 2. The van der Waals surface area contributed by atoms with Crippen molar-refractivity contribution in [2.45, 2.75) is 13.5 Å². The zero-order chi connectivity index (χ0) is 18.3. The molecule has 0 saturated carbocycles. The van der Waals surface area contributed by atoms with Crippen LogP contribution in [-0.2, 0) is 6.54 Å². The number of aryl methyl sites for hydroxylation is 1. The van der Waals surface area contributed by atoms with Crippen LogP contribution in [0.1, 0.15) is 32.1 Å². The molecule has 1 aromatic heterocycles. The highest BCUT2D eigenvalue weighted by Crippen LogP contribution is 2.25. The summed E-state index contributed by atoms with van der Waals surface area (Å²) in [4.78, 5) is 26.0. The quantitative estimate of drug-likeness (QED) is 0.745. The molecule has 130 valence electrons. The van der Waals surface area contributed by atoms with E-state index in [-0.39, 0.29) is 11.6 Å². The summed E-state index contributed by atoms with van der Waals surface area (Å²) in [7, 11) is 0. The normalized spacial score (nSPS) is 12.6. The number of fused-ring (bicyclic) bond motifs is 1. The van der Waals surface area contributed by atoms with Crippen LogP contribution in [0.3, 0.4) is 0 Å². The molecule has 0 atom stereocenters. The first-order valence-electron chi connectivity index (χ1n) is 7.94. The van der Waals surface area contributed by atoms with Crippen LogP contribution >= 0.6 is 11.6 Å². The van der Waals surface area contributed by atoms with E-state index in [1.807, 2.05) is 6.07 Å². The molecule has 0 saturated heterocycles. The van der Waals surface area contributed by atoms with Gasteiger partial charge in [0.25, 0.3) is 11.8 Å². The molecule has 1 aliphatic rings. The maximum Gasteiger partial charge on any atom is 0.278 e. The molecule has 26 heavy (non-hydrogen) atoms. The second kappa shape index (κ2) is 6.27. The Morgan fingerprint density at radius 2 is 2.04 bits per heavy atom. The Morgan fingerprint density at radius 1 is 1.23 bits per heavy atom. The Hall–Kier alpha value is -3.19. The molecule has 4 rings (SSSR count). The second-order valence-electron chi connectivity index (χ2n) is 5.88. The molecule has 2 N–H and O–H groups in total. The lowest BCUT2D eigenvalue weighted by atomic mass is 10.1. The van der Waals surface area contributed by atoms with E-state index in [1.165, 1.54) is 4.80 Å². The van der Waals surface area contributed by atoms with E-state index < -0.39 is 5.91 Å². The molecule has 0 fully saturated rings. The molecule has 2 aromatic carbocycles. The maximum atomic E-state index is 12.7. The molecule has 2 amide bonds. The van der Waals surface area contributed by atoms with E-state index >= 15 is 0 Å². The third-order valence-electron chi connectivity index (χ3n) is 4.10. The second-order valence-corrected chi connectivity index (χ2v) is 6.32. The van der Waals surface area contributed by atoms with Crippen molar-refractivity contribution < 1.29 is 9.59 Å². The highest BCUT2D eigenvalue weighted by Gasteiger charge is 2.24. The monoisotopic (exact) mass is 367 g/mol. The minimum Gasteiger partial charge on any atom is -0.348 e. The van der Waals surface area contributed by atoms with Crippen LogP contribution in [0, 0.1) is 6.92 Å². The van der Waals surface area contributed by atoms with Crippen LogP contribution in [0.25, 0.3) is 5.69 Å². The van der Waals surface area contributed by atoms with Gasteiger partial charge in [-0.15, -0.1) is 5.10 Å². The first kappa shape index (κ1) is 16.3. The van der Waals surface area contributed by atoms with Gasteiger partial charge >= 0.3 is 0 Å². The van der Waals surface area contributed by atoms with Gasteiger partial charge in [-0.25, -0.2) is 0 Å². The number of halogens is 1. The summed E-state index contributed by atoms with van der Waals surface area (Å²) in [6.45, 7) is 2.16. The number of carbonyl (C=O) groups excluding carboxylic acids is 2. The molecule has 0 unspecified atom stereocenters. The summed E-state index contributed by atoms with van der Waals surface area (Å²) < 4.78 is 0. The van der Waals surface area contributed by atoms with Crippen LogP contribution in [0.15, 0.2) is 42.5 Å². The SMILES string of the molecule is Cc1nn(-c2cccc(Cl)c2)nc1C(=O)Nc1cccc2c1C(=O)NC2. The van der Waals surface area contributed by atoms with Gasteiger partial charge in [-0.3, -0.25) is 9.59 Å². The van der Waals surface area contributed by atoms with Gasteiger partial charge in [0.15, 0.2) is 5.69 Å². The number of anilines is 1. The van der Waals surface area contributed by atoms with Gasteiger partial charge in [-0.05, 0) is 36.8 Å². The predicted molar refractivity (Wildman–Crippen MR) is 96.7 cm³/mol. The van der Waals surface area contributed by atoms with Crippen molar-refractivity contribution in [1.82, 2.24) is 20.3 Å². The first-order valence-corrected chi connectivity index (χ1v) is 8.32. The number of benzene rings is 2. The first-order chi connectivity index (χ1) is 12.5. The smallest absolute Gasteiger partial charge is 0.278 e. The Morgan fingerprint density at radius 3 is 2.85 bits per heavy atom. The highest BCUT2D eigenvalue weighted by atomic mass is 35.5. The van der Waals surface area contributed by atoms with Crippen LogP contribution in [0.4, 0.5) is 5.69 Å². The molecule has 2 heterocycles. The van der Waals surface area contributed by atoms with Crippen molar-refractivity contribution in [3.05, 3.63) is 70.0 Å². The van der Waals surface area contributed by atoms with Crippen LogP contribution in [0.5, 0.6) is 0 Å². The number of amides is 2. The van der Waals surface area contributed by atoms with Crippen LogP contribution in [-0.4, -0.2) is 26.8 Å². The van der Waals surface area contributed by atoms with Gasteiger partial charge in [0, 0.05) is 11.6 Å². The van der Waals surface area contributed by atoms with Gasteiger partial charge in [0.1, 0.15) is 0 Å². The van der Waals surface area contributed by atoms with Gasteiger partial charge < -0.3 is 10.6 Å². The molecule has 0 aliphatic carbocycles. The number of nitrogens with zero attached hydrogens (tertiary/aromatic N) is 3. The van der Waals surface area contributed by atoms with Crippen molar-refractivity contribution >= 4 is 29.1 Å². The summed E-state index contributed by atoms with van der Waals surface area (Å²) >= 11 is 5.99. The van der Waals surface area contributed by atoms with E-state index in [4.69, 9.17) is 11.6 Å². The largest absolute Gasteiger partial charge is 0.348 e. The maximum absolute atomic E-state index is 12.7. The fourth-order valence-electron chi connectivity index (χ4n) is 2.87. The number of hydrogen-bond donors (Lipinski definition) is 2. The van der Waals surface area contributed by atoms with Crippen molar-refractivity contribution in [2.24, 2.45) is 0 Å². The van der Waals surface area contributed by atoms with E-state index in [0.717, 1.165) is 5.56 Å². The Kier molecular flexibility index (Phi) is 3.93.